The Morgan fingerprint density at radius 2 is 1.57 bits per heavy atom. The number of carboxylic acids is 2. The average Bonchev–Trinajstić information content (AvgIpc) is 3.13. The molecule has 3 rings (SSSR count). The van der Waals surface area contributed by atoms with Crippen molar-refractivity contribution in [3.05, 3.63) is 64.0 Å². The molecule has 2 heterocycles. The fourth-order valence-electron chi connectivity index (χ4n) is 2.91. The van der Waals surface area contributed by atoms with Crippen LogP contribution in [0, 0.1) is 10.1 Å². The third kappa shape index (κ3) is 6.14. The van der Waals surface area contributed by atoms with Crippen LogP contribution in [0.2, 0.25) is 0 Å². The topological polar surface area (TPSA) is 146 Å². The summed E-state index contributed by atoms with van der Waals surface area (Å²) in [5.41, 5.74) is 1.75. The number of amides is 1. The number of non-ortho nitro benzene ring substituents is 1. The van der Waals surface area contributed by atoms with E-state index in [0.717, 1.165) is 19.6 Å². The molecule has 1 aliphatic rings. The number of carboxylic acid groups (broad SMARTS) is 2. The molecule has 0 aliphatic carbocycles. The maximum atomic E-state index is 12.5. The Morgan fingerprint density at radius 3 is 2.00 bits per heavy atom. The van der Waals surface area contributed by atoms with Crippen molar-refractivity contribution < 1.29 is 29.5 Å². The Kier molecular flexibility index (Phi) is 7.64. The number of nitro benzene ring substituents is 1. The molecule has 2 aromatic rings. The van der Waals surface area contributed by atoms with Gasteiger partial charge in [0, 0.05) is 69.4 Å². The lowest BCUT2D eigenvalue weighted by Crippen LogP contribution is -2.48. The van der Waals surface area contributed by atoms with Crippen molar-refractivity contribution in [3.8, 4) is 0 Å². The molecular weight excluding hydrogens is 396 g/mol. The van der Waals surface area contributed by atoms with Crippen LogP contribution in [0.25, 0.3) is 0 Å². The van der Waals surface area contributed by atoms with Gasteiger partial charge in [0.15, 0.2) is 0 Å². The maximum Gasteiger partial charge on any atom is 0.414 e. The summed E-state index contributed by atoms with van der Waals surface area (Å²) < 4.78 is 2.11. The second kappa shape index (κ2) is 10.2. The molecule has 1 amide bonds. The van der Waals surface area contributed by atoms with Crippen LogP contribution >= 0.6 is 0 Å². The number of benzene rings is 1. The number of nitro groups is 1. The van der Waals surface area contributed by atoms with Crippen LogP contribution in [0.3, 0.4) is 0 Å². The second-order valence-corrected chi connectivity index (χ2v) is 6.59. The summed E-state index contributed by atoms with van der Waals surface area (Å²) in [7, 11) is 2.03. The van der Waals surface area contributed by atoms with E-state index in [1.165, 1.54) is 30.0 Å². The van der Waals surface area contributed by atoms with Gasteiger partial charge in [-0.3, -0.25) is 19.8 Å². The van der Waals surface area contributed by atoms with E-state index in [0.29, 0.717) is 18.7 Å². The molecule has 0 spiro atoms. The van der Waals surface area contributed by atoms with E-state index in [9.17, 15) is 14.9 Å². The van der Waals surface area contributed by atoms with Gasteiger partial charge in [-0.2, -0.15) is 0 Å². The zero-order valence-electron chi connectivity index (χ0n) is 16.3. The lowest BCUT2D eigenvalue weighted by Gasteiger charge is -2.34. The van der Waals surface area contributed by atoms with Gasteiger partial charge in [0.1, 0.15) is 0 Å². The first kappa shape index (κ1) is 22.6. The summed E-state index contributed by atoms with van der Waals surface area (Å²) in [4.78, 5) is 45.0. The first-order valence-corrected chi connectivity index (χ1v) is 9.01. The lowest BCUT2D eigenvalue weighted by molar-refractivity contribution is -0.384. The number of carbonyl (C=O) groups is 3. The van der Waals surface area contributed by atoms with Crippen LogP contribution in [0.15, 0.2) is 42.6 Å². The average molecular weight is 418 g/mol. The van der Waals surface area contributed by atoms with Crippen molar-refractivity contribution in [1.82, 2.24) is 14.4 Å². The molecule has 11 heteroatoms. The van der Waals surface area contributed by atoms with Gasteiger partial charge in [0.2, 0.25) is 0 Å². The number of rotatable bonds is 4. The SMILES string of the molecule is Cn1cccc1CN1CCN(C(=O)c2ccc([N+](=O)[O-])cc2)CC1.O=C(O)C(=O)O. The largest absolute Gasteiger partial charge is 0.473 e. The molecule has 0 saturated carbocycles. The first-order valence-electron chi connectivity index (χ1n) is 9.01. The lowest BCUT2D eigenvalue weighted by atomic mass is 10.1. The highest BCUT2D eigenvalue weighted by atomic mass is 16.6. The molecule has 2 N–H and O–H groups in total. The zero-order valence-corrected chi connectivity index (χ0v) is 16.3. The Labute approximate surface area is 171 Å². The Balaban J connectivity index is 0.000000469. The maximum absolute atomic E-state index is 12.5. The van der Waals surface area contributed by atoms with E-state index >= 15 is 0 Å². The van der Waals surface area contributed by atoms with Gasteiger partial charge in [-0.05, 0) is 24.3 Å². The summed E-state index contributed by atoms with van der Waals surface area (Å²) in [5.74, 6) is -3.71. The highest BCUT2D eigenvalue weighted by molar-refractivity contribution is 6.27. The number of aryl methyl sites for hydroxylation is 1. The van der Waals surface area contributed by atoms with Crippen molar-refractivity contribution in [3.63, 3.8) is 0 Å². The predicted molar refractivity (Wildman–Crippen MR) is 105 cm³/mol. The number of aliphatic carboxylic acids is 2. The standard InChI is InChI=1S/C17H20N4O3.C2H2O4/c1-18-8-2-3-16(18)13-19-9-11-20(12-10-19)17(22)14-4-6-15(7-5-14)21(23)24;3-1(4)2(5)6/h2-8H,9-13H2,1H3;(H,3,4)(H,5,6). The zero-order chi connectivity index (χ0) is 22.3. The van der Waals surface area contributed by atoms with E-state index in [4.69, 9.17) is 19.8 Å². The third-order valence-corrected chi connectivity index (χ3v) is 4.60. The summed E-state index contributed by atoms with van der Waals surface area (Å²) in [6, 6.07) is 9.93. The minimum atomic E-state index is -1.82. The van der Waals surface area contributed by atoms with Crippen LogP contribution < -0.4 is 0 Å². The van der Waals surface area contributed by atoms with Gasteiger partial charge in [0.05, 0.1) is 4.92 Å². The molecule has 1 fully saturated rings. The smallest absolute Gasteiger partial charge is 0.414 e. The van der Waals surface area contributed by atoms with E-state index in [1.807, 2.05) is 24.2 Å². The summed E-state index contributed by atoms with van der Waals surface area (Å²) in [6.07, 6.45) is 2.03. The van der Waals surface area contributed by atoms with Crippen LogP contribution in [-0.4, -0.2) is 73.5 Å². The molecule has 11 nitrogen and oxygen atoms in total. The molecule has 1 saturated heterocycles. The van der Waals surface area contributed by atoms with Crippen LogP contribution in [0.1, 0.15) is 16.1 Å². The predicted octanol–water partition coefficient (Wildman–Crippen LogP) is 1.05. The van der Waals surface area contributed by atoms with Gasteiger partial charge in [-0.15, -0.1) is 0 Å². The molecule has 1 aromatic heterocycles. The number of aromatic nitrogens is 1. The van der Waals surface area contributed by atoms with Crippen molar-refractivity contribution in [1.29, 1.82) is 0 Å². The van der Waals surface area contributed by atoms with Gasteiger partial charge < -0.3 is 19.7 Å². The number of hydrogen-bond donors (Lipinski definition) is 2. The number of hydrogen-bond acceptors (Lipinski definition) is 6. The van der Waals surface area contributed by atoms with Crippen molar-refractivity contribution in [2.24, 2.45) is 7.05 Å². The van der Waals surface area contributed by atoms with Gasteiger partial charge in [0.25, 0.3) is 11.6 Å². The van der Waals surface area contributed by atoms with E-state index in [1.54, 1.807) is 0 Å². The molecular formula is C19H22N4O7. The Bertz CT molecular complexity index is 903. The molecule has 0 bridgehead atoms. The third-order valence-electron chi connectivity index (χ3n) is 4.60. The fourth-order valence-corrected chi connectivity index (χ4v) is 2.91. The van der Waals surface area contributed by atoms with Crippen molar-refractivity contribution >= 4 is 23.5 Å². The molecule has 1 aliphatic heterocycles. The minimum absolute atomic E-state index is 0.000984. The second-order valence-electron chi connectivity index (χ2n) is 6.59. The van der Waals surface area contributed by atoms with Gasteiger partial charge in [-0.1, -0.05) is 0 Å². The summed E-state index contributed by atoms with van der Waals surface area (Å²) in [6.45, 7) is 3.86. The van der Waals surface area contributed by atoms with Crippen LogP contribution in [0.4, 0.5) is 5.69 Å². The van der Waals surface area contributed by atoms with E-state index in [2.05, 4.69) is 15.5 Å². The number of nitrogens with zero attached hydrogens (tertiary/aromatic N) is 4. The number of carbonyl (C=O) groups excluding carboxylic acids is 1. The van der Waals surface area contributed by atoms with Crippen LogP contribution in [-0.2, 0) is 23.2 Å². The normalized spacial score (nSPS) is 13.8. The highest BCUT2D eigenvalue weighted by Gasteiger charge is 2.23. The quantitative estimate of drug-likeness (QED) is 0.425. The van der Waals surface area contributed by atoms with E-state index in [-0.39, 0.29) is 11.6 Å². The van der Waals surface area contributed by atoms with Crippen molar-refractivity contribution in [2.75, 3.05) is 26.2 Å². The van der Waals surface area contributed by atoms with E-state index < -0.39 is 16.9 Å². The molecule has 30 heavy (non-hydrogen) atoms. The first-order chi connectivity index (χ1) is 14.2. The minimum Gasteiger partial charge on any atom is -0.473 e. The Hall–Kier alpha value is -3.73. The molecule has 0 atom stereocenters. The Morgan fingerprint density at radius 1 is 1.00 bits per heavy atom. The molecule has 1 aromatic carbocycles. The number of piperazine rings is 1. The molecule has 160 valence electrons. The monoisotopic (exact) mass is 418 g/mol. The van der Waals surface area contributed by atoms with Crippen molar-refractivity contribution in [2.45, 2.75) is 6.54 Å². The molecule has 0 radical (unpaired) electrons. The van der Waals surface area contributed by atoms with Gasteiger partial charge in [-0.25, -0.2) is 9.59 Å². The van der Waals surface area contributed by atoms with Crippen LogP contribution in [0.5, 0.6) is 0 Å². The fraction of sp³-hybridized carbons (Fsp3) is 0.316. The van der Waals surface area contributed by atoms with Gasteiger partial charge >= 0.3 is 11.9 Å². The molecule has 0 unspecified atom stereocenters. The highest BCUT2D eigenvalue weighted by Crippen LogP contribution is 2.15. The summed E-state index contributed by atoms with van der Waals surface area (Å²) in [5, 5.41) is 25.5. The summed E-state index contributed by atoms with van der Waals surface area (Å²) >= 11 is 0.